The number of nitrogens with zero attached hydrogens (tertiary/aromatic N) is 1. The number of para-hydroxylation sites is 1. The number of rotatable bonds is 7. The Balaban J connectivity index is 2.14. The molecule has 0 aliphatic heterocycles. The summed E-state index contributed by atoms with van der Waals surface area (Å²) in [6, 6.07) is 15.2. The molecule has 0 heterocycles. The number of sulfonamides is 1. The summed E-state index contributed by atoms with van der Waals surface area (Å²) in [7, 11) is -0.639. The fourth-order valence-electron chi connectivity index (χ4n) is 2.15. The minimum absolute atomic E-state index is 0.118. The number of nitrogens with one attached hydrogen (secondary N) is 1. The van der Waals surface area contributed by atoms with Crippen LogP contribution in [0, 0.1) is 0 Å². The maximum absolute atomic E-state index is 12.4. The van der Waals surface area contributed by atoms with E-state index in [4.69, 9.17) is 4.74 Å². The van der Waals surface area contributed by atoms with Crippen molar-refractivity contribution >= 4 is 21.6 Å². The van der Waals surface area contributed by atoms with Gasteiger partial charge in [0.05, 0.1) is 4.90 Å². The first-order valence-electron chi connectivity index (χ1n) is 7.89. The zero-order valence-corrected chi connectivity index (χ0v) is 15.3. The van der Waals surface area contributed by atoms with E-state index in [9.17, 15) is 13.2 Å². The van der Waals surface area contributed by atoms with Gasteiger partial charge in [-0.25, -0.2) is 12.7 Å². The molecule has 6 nitrogen and oxygen atoms in total. The average molecular weight is 362 g/mol. The molecule has 2 aromatic rings. The van der Waals surface area contributed by atoms with Gasteiger partial charge in [-0.2, -0.15) is 0 Å². The van der Waals surface area contributed by atoms with E-state index in [0.717, 1.165) is 4.31 Å². The number of benzene rings is 2. The molecular formula is C18H22N2O4S. The summed E-state index contributed by atoms with van der Waals surface area (Å²) < 4.78 is 31.2. The van der Waals surface area contributed by atoms with Crippen molar-refractivity contribution in [3.8, 4) is 5.75 Å². The number of carbonyl (C=O) groups excluding carboxylic acids is 1. The van der Waals surface area contributed by atoms with E-state index in [2.05, 4.69) is 5.32 Å². The van der Waals surface area contributed by atoms with Crippen LogP contribution in [0.15, 0.2) is 59.5 Å². The van der Waals surface area contributed by atoms with Gasteiger partial charge in [0.2, 0.25) is 10.0 Å². The molecule has 0 saturated carbocycles. The van der Waals surface area contributed by atoms with Crippen molar-refractivity contribution < 1.29 is 17.9 Å². The molecule has 0 aliphatic rings. The molecule has 2 aromatic carbocycles. The molecule has 1 amide bonds. The molecular weight excluding hydrogens is 340 g/mol. The molecule has 0 aromatic heterocycles. The van der Waals surface area contributed by atoms with Crippen LogP contribution in [-0.2, 0) is 14.8 Å². The molecule has 134 valence electrons. The van der Waals surface area contributed by atoms with Crippen LogP contribution in [0.3, 0.4) is 0 Å². The Hall–Kier alpha value is -2.38. The van der Waals surface area contributed by atoms with Gasteiger partial charge in [-0.1, -0.05) is 31.2 Å². The predicted octanol–water partition coefficient (Wildman–Crippen LogP) is 2.73. The average Bonchev–Trinajstić information content (AvgIpc) is 2.60. The number of anilines is 1. The lowest BCUT2D eigenvalue weighted by Crippen LogP contribution is -2.32. The van der Waals surface area contributed by atoms with E-state index >= 15 is 0 Å². The molecule has 0 unspecified atom stereocenters. The molecule has 1 N–H and O–H groups in total. The number of hydrogen-bond acceptors (Lipinski definition) is 4. The van der Waals surface area contributed by atoms with E-state index in [-0.39, 0.29) is 10.8 Å². The Kier molecular flexibility index (Phi) is 6.17. The Labute approximate surface area is 148 Å². The van der Waals surface area contributed by atoms with Gasteiger partial charge in [0, 0.05) is 19.8 Å². The topological polar surface area (TPSA) is 75.7 Å². The van der Waals surface area contributed by atoms with Crippen molar-refractivity contribution in [2.24, 2.45) is 0 Å². The summed E-state index contributed by atoms with van der Waals surface area (Å²) in [4.78, 5) is 12.6. The SMILES string of the molecule is CC[C@@H](Oc1ccccc1)C(=O)Nc1cccc(S(=O)(=O)N(C)C)c1. The Morgan fingerprint density at radius 3 is 2.40 bits per heavy atom. The number of ether oxygens (including phenoxy) is 1. The van der Waals surface area contributed by atoms with Crippen LogP contribution in [0.4, 0.5) is 5.69 Å². The molecule has 2 rings (SSSR count). The van der Waals surface area contributed by atoms with Crippen LogP contribution >= 0.6 is 0 Å². The summed E-state index contributed by atoms with van der Waals surface area (Å²) in [6.45, 7) is 1.85. The predicted molar refractivity (Wildman–Crippen MR) is 97.1 cm³/mol. The Bertz CT molecular complexity index is 820. The van der Waals surface area contributed by atoms with Gasteiger partial charge in [-0.15, -0.1) is 0 Å². The van der Waals surface area contributed by atoms with E-state index in [1.165, 1.54) is 26.2 Å². The van der Waals surface area contributed by atoms with Crippen molar-refractivity contribution in [2.45, 2.75) is 24.3 Å². The summed E-state index contributed by atoms with van der Waals surface area (Å²) in [5, 5.41) is 2.72. The molecule has 25 heavy (non-hydrogen) atoms. The molecule has 0 bridgehead atoms. The van der Waals surface area contributed by atoms with Gasteiger partial charge < -0.3 is 10.1 Å². The van der Waals surface area contributed by atoms with E-state index in [1.54, 1.807) is 24.3 Å². The maximum atomic E-state index is 12.4. The first-order chi connectivity index (χ1) is 11.8. The van der Waals surface area contributed by atoms with E-state index in [1.807, 2.05) is 25.1 Å². The van der Waals surface area contributed by atoms with Gasteiger partial charge >= 0.3 is 0 Å². The van der Waals surface area contributed by atoms with Crippen molar-refractivity contribution in [1.29, 1.82) is 0 Å². The highest BCUT2D eigenvalue weighted by Gasteiger charge is 2.21. The van der Waals surface area contributed by atoms with Crippen LogP contribution < -0.4 is 10.1 Å². The minimum Gasteiger partial charge on any atom is -0.481 e. The van der Waals surface area contributed by atoms with Gasteiger partial charge in [0.1, 0.15) is 5.75 Å². The molecule has 0 radical (unpaired) electrons. The van der Waals surface area contributed by atoms with Gasteiger partial charge in [-0.3, -0.25) is 4.79 Å². The van der Waals surface area contributed by atoms with Crippen molar-refractivity contribution in [3.63, 3.8) is 0 Å². The first kappa shape index (κ1) is 19.0. The lowest BCUT2D eigenvalue weighted by molar-refractivity contribution is -0.122. The lowest BCUT2D eigenvalue weighted by atomic mass is 10.2. The standard InChI is InChI=1S/C18H22N2O4S/c1-4-17(24-15-10-6-5-7-11-15)18(21)19-14-9-8-12-16(13-14)25(22,23)20(2)3/h5-13,17H,4H2,1-3H3,(H,19,21)/t17-/m1/s1. The smallest absolute Gasteiger partial charge is 0.265 e. The van der Waals surface area contributed by atoms with E-state index < -0.39 is 16.1 Å². The monoisotopic (exact) mass is 362 g/mol. The molecule has 0 saturated heterocycles. The fourth-order valence-corrected chi connectivity index (χ4v) is 3.10. The van der Waals surface area contributed by atoms with Crippen LogP contribution in [0.5, 0.6) is 5.75 Å². The molecule has 0 aliphatic carbocycles. The van der Waals surface area contributed by atoms with Crippen LogP contribution in [0.2, 0.25) is 0 Å². The second-order valence-electron chi connectivity index (χ2n) is 5.63. The fraction of sp³-hybridized carbons (Fsp3) is 0.278. The minimum atomic E-state index is -3.56. The first-order valence-corrected chi connectivity index (χ1v) is 9.33. The number of hydrogen-bond donors (Lipinski definition) is 1. The van der Waals surface area contributed by atoms with Crippen LogP contribution in [0.25, 0.3) is 0 Å². The molecule has 7 heteroatoms. The zero-order chi connectivity index (χ0) is 18.4. The second kappa shape index (κ2) is 8.13. The van der Waals surface area contributed by atoms with Crippen LogP contribution in [0.1, 0.15) is 13.3 Å². The normalized spacial score (nSPS) is 12.6. The van der Waals surface area contributed by atoms with Crippen molar-refractivity contribution in [1.82, 2.24) is 4.31 Å². The highest BCUT2D eigenvalue weighted by Crippen LogP contribution is 2.19. The third-order valence-electron chi connectivity index (χ3n) is 3.56. The Morgan fingerprint density at radius 1 is 1.12 bits per heavy atom. The second-order valence-corrected chi connectivity index (χ2v) is 7.78. The van der Waals surface area contributed by atoms with Gasteiger partial charge in [0.15, 0.2) is 6.10 Å². The quantitative estimate of drug-likeness (QED) is 0.822. The van der Waals surface area contributed by atoms with Gasteiger partial charge in [-0.05, 0) is 36.8 Å². The van der Waals surface area contributed by atoms with Gasteiger partial charge in [0.25, 0.3) is 5.91 Å². The third-order valence-corrected chi connectivity index (χ3v) is 5.38. The Morgan fingerprint density at radius 2 is 1.80 bits per heavy atom. The summed E-state index contributed by atoms with van der Waals surface area (Å²) >= 11 is 0. The van der Waals surface area contributed by atoms with E-state index in [0.29, 0.717) is 17.9 Å². The number of carbonyl (C=O) groups is 1. The summed E-state index contributed by atoms with van der Waals surface area (Å²) in [5.41, 5.74) is 0.406. The summed E-state index contributed by atoms with van der Waals surface area (Å²) in [5.74, 6) is 0.277. The van der Waals surface area contributed by atoms with Crippen LogP contribution in [-0.4, -0.2) is 38.8 Å². The largest absolute Gasteiger partial charge is 0.481 e. The highest BCUT2D eigenvalue weighted by atomic mass is 32.2. The highest BCUT2D eigenvalue weighted by molar-refractivity contribution is 7.89. The van der Waals surface area contributed by atoms with Crippen molar-refractivity contribution in [3.05, 3.63) is 54.6 Å². The van der Waals surface area contributed by atoms with Crippen molar-refractivity contribution in [2.75, 3.05) is 19.4 Å². The molecule has 1 atom stereocenters. The zero-order valence-electron chi connectivity index (χ0n) is 14.5. The lowest BCUT2D eigenvalue weighted by Gasteiger charge is -2.18. The number of amides is 1. The molecule has 0 spiro atoms. The maximum Gasteiger partial charge on any atom is 0.265 e. The molecule has 0 fully saturated rings. The summed E-state index contributed by atoms with van der Waals surface area (Å²) in [6.07, 6.45) is -0.187. The third kappa shape index (κ3) is 4.80.